The van der Waals surface area contributed by atoms with Crippen LogP contribution in [-0.4, -0.2) is 19.6 Å². The number of halogens is 3. The van der Waals surface area contributed by atoms with Crippen LogP contribution in [0.1, 0.15) is 5.82 Å². The van der Waals surface area contributed by atoms with Crippen molar-refractivity contribution < 1.29 is 0 Å². The van der Waals surface area contributed by atoms with E-state index in [0.717, 1.165) is 0 Å². The molecular weight excluding hydrogens is 368 g/mol. The molecule has 2 heterocycles. The van der Waals surface area contributed by atoms with E-state index in [1.807, 2.05) is 0 Å². The molecule has 0 aromatic carbocycles. The second-order valence-corrected chi connectivity index (χ2v) is 9.06. The van der Waals surface area contributed by atoms with Crippen molar-refractivity contribution >= 4 is 53.6 Å². The predicted molar refractivity (Wildman–Crippen MR) is 59.2 cm³/mol. The third-order valence-electron chi connectivity index (χ3n) is 1.37. The Morgan fingerprint density at radius 1 is 1.31 bits per heavy atom. The molecule has 0 amide bonds. The second kappa shape index (κ2) is 3.29. The monoisotopic (exact) mass is 368 g/mol. The molecule has 0 atom stereocenters. The van der Waals surface area contributed by atoms with Crippen molar-refractivity contribution in [3.63, 3.8) is 0 Å². The molecule has 0 bridgehead atoms. The summed E-state index contributed by atoms with van der Waals surface area (Å²) in [5, 5.41) is 4.19. The fourth-order valence-electron chi connectivity index (χ4n) is 0.853. The molecule has 7 heteroatoms. The smallest absolute Gasteiger partial charge is 0.220 e. The van der Waals surface area contributed by atoms with E-state index in [-0.39, 0.29) is 0 Å². The number of alkyl halides is 3. The summed E-state index contributed by atoms with van der Waals surface area (Å²) in [6, 6.07) is 1.80. The summed E-state index contributed by atoms with van der Waals surface area (Å²) in [6.45, 7) is 0. The van der Waals surface area contributed by atoms with Gasteiger partial charge < -0.3 is 0 Å². The minimum absolute atomic E-state index is 0.570. The molecule has 0 fully saturated rings. The lowest BCUT2D eigenvalue weighted by Crippen LogP contribution is -2.00. The summed E-state index contributed by atoms with van der Waals surface area (Å²) < 4.78 is 1.02. The molecular formula is C6H3Br3N4. The van der Waals surface area contributed by atoms with Gasteiger partial charge in [0.1, 0.15) is 0 Å². The van der Waals surface area contributed by atoms with E-state index in [0.29, 0.717) is 11.6 Å². The summed E-state index contributed by atoms with van der Waals surface area (Å²) >= 11 is 10.00. The lowest BCUT2D eigenvalue weighted by molar-refractivity contribution is 0.906. The predicted octanol–water partition coefficient (Wildman–Crippen LogP) is 2.42. The van der Waals surface area contributed by atoms with Crippen LogP contribution in [0, 0.1) is 0 Å². The molecule has 0 aliphatic rings. The molecule has 4 nitrogen and oxygen atoms in total. The van der Waals surface area contributed by atoms with Gasteiger partial charge in [0.2, 0.25) is 0 Å². The van der Waals surface area contributed by atoms with Crippen LogP contribution in [0.4, 0.5) is 0 Å². The Balaban J connectivity index is 2.63. The molecule has 2 rings (SSSR count). The summed E-state index contributed by atoms with van der Waals surface area (Å²) in [4.78, 5) is 8.23. The van der Waals surface area contributed by atoms with E-state index in [2.05, 4.69) is 62.9 Å². The van der Waals surface area contributed by atoms with Crippen LogP contribution >= 0.6 is 47.8 Å². The third kappa shape index (κ3) is 1.92. The number of hydrogen-bond acceptors (Lipinski definition) is 3. The standard InChI is InChI=1S/C6H3Br3N4/c7-6(8,9)4-11-5-10-2-1-3-13(5)12-4/h1-3H. The van der Waals surface area contributed by atoms with Crippen molar-refractivity contribution in [2.45, 2.75) is 2.14 Å². The summed E-state index contributed by atoms with van der Waals surface area (Å²) in [6.07, 6.45) is 3.46. The number of nitrogens with zero attached hydrogens (tertiary/aromatic N) is 4. The highest BCUT2D eigenvalue weighted by molar-refractivity contribution is 9.38. The minimum atomic E-state index is -0.583. The summed E-state index contributed by atoms with van der Waals surface area (Å²) in [7, 11) is 0. The van der Waals surface area contributed by atoms with E-state index in [4.69, 9.17) is 0 Å². The van der Waals surface area contributed by atoms with Crippen LogP contribution in [0.3, 0.4) is 0 Å². The Hall–Kier alpha value is -0.0100. The quantitative estimate of drug-likeness (QED) is 0.669. The van der Waals surface area contributed by atoms with Crippen LogP contribution in [0.5, 0.6) is 0 Å². The van der Waals surface area contributed by atoms with Crippen LogP contribution in [-0.2, 0) is 2.14 Å². The molecule has 2 aromatic rings. The van der Waals surface area contributed by atoms with Gasteiger partial charge in [0.15, 0.2) is 7.97 Å². The third-order valence-corrected chi connectivity index (χ3v) is 2.43. The Kier molecular flexibility index (Phi) is 2.41. The van der Waals surface area contributed by atoms with E-state index >= 15 is 0 Å². The lowest BCUT2D eigenvalue weighted by atomic mass is 10.7. The first-order valence-electron chi connectivity index (χ1n) is 3.32. The number of fused-ring (bicyclic) bond motifs is 1. The van der Waals surface area contributed by atoms with Crippen molar-refractivity contribution in [3.8, 4) is 0 Å². The van der Waals surface area contributed by atoms with E-state index < -0.39 is 2.14 Å². The van der Waals surface area contributed by atoms with Crippen LogP contribution < -0.4 is 0 Å². The van der Waals surface area contributed by atoms with Crippen molar-refractivity contribution in [1.29, 1.82) is 0 Å². The molecule has 0 unspecified atom stereocenters. The zero-order valence-corrected chi connectivity index (χ0v) is 10.9. The Labute approximate surface area is 99.1 Å². The topological polar surface area (TPSA) is 43.1 Å². The van der Waals surface area contributed by atoms with Gasteiger partial charge in [0, 0.05) is 12.4 Å². The molecule has 0 N–H and O–H groups in total. The van der Waals surface area contributed by atoms with Gasteiger partial charge in [0.05, 0.1) is 0 Å². The van der Waals surface area contributed by atoms with Gasteiger partial charge in [-0.05, 0) is 6.07 Å². The maximum absolute atomic E-state index is 4.19. The van der Waals surface area contributed by atoms with Gasteiger partial charge >= 0.3 is 0 Å². The van der Waals surface area contributed by atoms with Crippen LogP contribution in [0.2, 0.25) is 0 Å². The molecule has 13 heavy (non-hydrogen) atoms. The number of hydrogen-bond donors (Lipinski definition) is 0. The van der Waals surface area contributed by atoms with Gasteiger partial charge in [-0.25, -0.2) is 9.50 Å². The van der Waals surface area contributed by atoms with Crippen LogP contribution in [0.25, 0.3) is 5.78 Å². The molecule has 0 saturated heterocycles. The maximum atomic E-state index is 4.19. The SMILES string of the molecule is BrC(Br)(Br)c1nc2ncccn2n1. The van der Waals surface area contributed by atoms with Gasteiger partial charge in [0.25, 0.3) is 5.78 Å². The van der Waals surface area contributed by atoms with Crippen molar-refractivity contribution in [2.75, 3.05) is 0 Å². The largest absolute Gasteiger partial charge is 0.252 e. The Morgan fingerprint density at radius 2 is 2.08 bits per heavy atom. The number of rotatable bonds is 0. The molecule has 0 aliphatic heterocycles. The molecule has 0 aliphatic carbocycles. The zero-order valence-electron chi connectivity index (χ0n) is 6.15. The van der Waals surface area contributed by atoms with Crippen molar-refractivity contribution in [3.05, 3.63) is 24.3 Å². The van der Waals surface area contributed by atoms with Crippen molar-refractivity contribution in [1.82, 2.24) is 19.6 Å². The summed E-state index contributed by atoms with van der Waals surface area (Å²) in [5.74, 6) is 1.14. The Morgan fingerprint density at radius 3 is 2.69 bits per heavy atom. The first kappa shape index (κ1) is 9.54. The molecule has 68 valence electrons. The van der Waals surface area contributed by atoms with E-state index in [1.165, 1.54) is 0 Å². The molecule has 0 saturated carbocycles. The molecule has 2 aromatic heterocycles. The first-order valence-corrected chi connectivity index (χ1v) is 5.70. The second-order valence-electron chi connectivity index (χ2n) is 2.30. The lowest BCUT2D eigenvalue weighted by Gasteiger charge is -2.03. The fourth-order valence-corrected chi connectivity index (χ4v) is 1.36. The molecule has 0 radical (unpaired) electrons. The highest BCUT2D eigenvalue weighted by Crippen LogP contribution is 2.42. The van der Waals surface area contributed by atoms with Crippen LogP contribution in [0.15, 0.2) is 18.5 Å². The normalized spacial score (nSPS) is 12.2. The Bertz CT molecular complexity index is 400. The summed E-state index contributed by atoms with van der Waals surface area (Å²) in [5.41, 5.74) is 0. The van der Waals surface area contributed by atoms with E-state index in [9.17, 15) is 0 Å². The van der Waals surface area contributed by atoms with Gasteiger partial charge in [-0.1, -0.05) is 47.8 Å². The average Bonchev–Trinajstić information content (AvgIpc) is 2.45. The van der Waals surface area contributed by atoms with Gasteiger partial charge in [-0.3, -0.25) is 0 Å². The minimum Gasteiger partial charge on any atom is -0.220 e. The van der Waals surface area contributed by atoms with Gasteiger partial charge in [-0.15, -0.1) is 5.10 Å². The average molecular weight is 371 g/mol. The fraction of sp³-hybridized carbons (Fsp3) is 0.167. The highest BCUT2D eigenvalue weighted by Gasteiger charge is 2.26. The number of aromatic nitrogens is 4. The molecule has 0 spiro atoms. The van der Waals surface area contributed by atoms with Crippen molar-refractivity contribution in [2.24, 2.45) is 0 Å². The van der Waals surface area contributed by atoms with E-state index in [1.54, 1.807) is 23.0 Å². The first-order chi connectivity index (χ1) is 6.07. The zero-order chi connectivity index (χ0) is 9.47. The highest BCUT2D eigenvalue weighted by atomic mass is 80.0. The van der Waals surface area contributed by atoms with Gasteiger partial charge in [-0.2, -0.15) is 4.98 Å². The maximum Gasteiger partial charge on any atom is 0.252 e.